The van der Waals surface area contributed by atoms with Gasteiger partial charge in [0.25, 0.3) is 0 Å². The molecule has 0 aliphatic heterocycles. The highest BCUT2D eigenvalue weighted by Crippen LogP contribution is 2.19. The van der Waals surface area contributed by atoms with Gasteiger partial charge in [0.1, 0.15) is 12.4 Å². The van der Waals surface area contributed by atoms with E-state index in [9.17, 15) is 0 Å². The van der Waals surface area contributed by atoms with E-state index in [1.54, 1.807) is 6.20 Å². The first kappa shape index (κ1) is 22.2. The van der Waals surface area contributed by atoms with Crippen molar-refractivity contribution >= 4 is 23.8 Å². The summed E-state index contributed by atoms with van der Waals surface area (Å²) < 4.78 is 10.4. The third-order valence-corrected chi connectivity index (χ3v) is 5.61. The van der Waals surface area contributed by atoms with Gasteiger partial charge < -0.3 is 4.74 Å². The molecule has 0 N–H and O–H groups in total. The molecule has 0 radical (unpaired) electrons. The van der Waals surface area contributed by atoms with Gasteiger partial charge in [-0.25, -0.2) is 4.68 Å². The Balaban J connectivity index is 1.50. The van der Waals surface area contributed by atoms with E-state index in [0.717, 1.165) is 22.7 Å². The molecule has 2 aromatic carbocycles. The van der Waals surface area contributed by atoms with Crippen molar-refractivity contribution in [2.45, 2.75) is 13.2 Å². The summed E-state index contributed by atoms with van der Waals surface area (Å²) in [6.07, 6.45) is 3.57. The zero-order chi connectivity index (χ0) is 22.3. The number of likely N-dealkylation sites (N-methyl/N-ethyl adjacent to an activating group) is 1. The van der Waals surface area contributed by atoms with Gasteiger partial charge in [-0.2, -0.15) is 5.10 Å². The second kappa shape index (κ2) is 10.5. The van der Waals surface area contributed by atoms with Gasteiger partial charge >= 0.3 is 0 Å². The Morgan fingerprint density at radius 1 is 1.06 bits per heavy atom. The second-order valence-electron chi connectivity index (χ2n) is 7.45. The molecule has 0 aliphatic carbocycles. The standard InChI is InChI=1S/C24H24ClN5OS/c1-28(13-14-31-22-11-5-10-21(25)15-22)18-30-24(32)29(17-19-7-3-2-4-8-19)23(27-30)20-9-6-12-26-16-20/h2-12,15-16H,13-14,17-18H2,1H3. The molecular formula is C24H24ClN5OS. The van der Waals surface area contributed by atoms with E-state index < -0.39 is 0 Å². The summed E-state index contributed by atoms with van der Waals surface area (Å²) in [6.45, 7) is 2.44. The van der Waals surface area contributed by atoms with E-state index in [1.165, 1.54) is 0 Å². The molecule has 0 aliphatic rings. The SMILES string of the molecule is CN(CCOc1cccc(Cl)c1)Cn1nc(-c2cccnc2)n(Cc2ccccc2)c1=S. The summed E-state index contributed by atoms with van der Waals surface area (Å²) >= 11 is 11.8. The molecule has 0 saturated carbocycles. The van der Waals surface area contributed by atoms with Gasteiger partial charge in [0.2, 0.25) is 0 Å². The average Bonchev–Trinajstić information content (AvgIpc) is 3.10. The van der Waals surface area contributed by atoms with Gasteiger partial charge in [0, 0.05) is 29.5 Å². The first-order valence-corrected chi connectivity index (χ1v) is 11.1. The number of pyridine rings is 1. The summed E-state index contributed by atoms with van der Waals surface area (Å²) in [5, 5.41) is 5.49. The maximum atomic E-state index is 6.02. The normalized spacial score (nSPS) is 11.1. The number of aromatic nitrogens is 4. The van der Waals surface area contributed by atoms with Crippen LogP contribution in [0.4, 0.5) is 0 Å². The fraction of sp³-hybridized carbons (Fsp3) is 0.208. The lowest BCUT2D eigenvalue weighted by atomic mass is 10.2. The van der Waals surface area contributed by atoms with Crippen molar-refractivity contribution in [3.63, 3.8) is 0 Å². The van der Waals surface area contributed by atoms with Crippen molar-refractivity contribution in [1.29, 1.82) is 0 Å². The maximum absolute atomic E-state index is 6.02. The van der Waals surface area contributed by atoms with Gasteiger partial charge in [-0.05, 0) is 55.2 Å². The predicted octanol–water partition coefficient (Wildman–Crippen LogP) is 5.15. The zero-order valence-corrected chi connectivity index (χ0v) is 19.3. The Morgan fingerprint density at radius 2 is 1.91 bits per heavy atom. The van der Waals surface area contributed by atoms with Gasteiger partial charge in [-0.3, -0.25) is 14.5 Å². The molecule has 2 aromatic heterocycles. The molecule has 32 heavy (non-hydrogen) atoms. The lowest BCUT2D eigenvalue weighted by Gasteiger charge is -2.16. The molecule has 0 amide bonds. The van der Waals surface area contributed by atoms with Crippen LogP contribution in [-0.4, -0.2) is 44.4 Å². The van der Waals surface area contributed by atoms with Crippen molar-refractivity contribution in [2.75, 3.05) is 20.2 Å². The lowest BCUT2D eigenvalue weighted by molar-refractivity contribution is 0.198. The molecule has 0 saturated heterocycles. The third-order valence-electron chi connectivity index (χ3n) is 4.94. The molecule has 0 spiro atoms. The molecule has 2 heterocycles. The monoisotopic (exact) mass is 465 g/mol. The topological polar surface area (TPSA) is 48.1 Å². The molecule has 4 rings (SSSR count). The molecule has 0 unspecified atom stereocenters. The quantitative estimate of drug-likeness (QED) is 0.320. The van der Waals surface area contributed by atoms with Crippen LogP contribution in [0.15, 0.2) is 79.1 Å². The van der Waals surface area contributed by atoms with Gasteiger partial charge in [-0.1, -0.05) is 48.0 Å². The minimum Gasteiger partial charge on any atom is -0.492 e. The summed E-state index contributed by atoms with van der Waals surface area (Å²) in [7, 11) is 2.02. The van der Waals surface area contributed by atoms with Crippen LogP contribution in [0, 0.1) is 4.77 Å². The Morgan fingerprint density at radius 3 is 2.66 bits per heavy atom. The van der Waals surface area contributed by atoms with E-state index in [1.807, 2.05) is 72.5 Å². The fourth-order valence-corrected chi connectivity index (χ4v) is 3.76. The molecule has 6 nitrogen and oxygen atoms in total. The number of halogens is 1. The number of hydrogen-bond donors (Lipinski definition) is 0. The average molecular weight is 466 g/mol. The molecular weight excluding hydrogens is 442 g/mol. The lowest BCUT2D eigenvalue weighted by Crippen LogP contribution is -2.27. The maximum Gasteiger partial charge on any atom is 0.199 e. The van der Waals surface area contributed by atoms with E-state index in [4.69, 9.17) is 33.7 Å². The molecule has 4 aromatic rings. The van der Waals surface area contributed by atoms with Crippen molar-refractivity contribution in [3.05, 3.63) is 94.5 Å². The fourth-order valence-electron chi connectivity index (χ4n) is 3.33. The van der Waals surface area contributed by atoms with Gasteiger partial charge in [0.15, 0.2) is 10.6 Å². The van der Waals surface area contributed by atoms with Crippen LogP contribution in [-0.2, 0) is 13.2 Å². The van der Waals surface area contributed by atoms with Crippen LogP contribution < -0.4 is 4.74 Å². The Hall–Kier alpha value is -3.00. The van der Waals surface area contributed by atoms with Gasteiger partial charge in [0.05, 0.1) is 13.2 Å². The van der Waals surface area contributed by atoms with Crippen molar-refractivity contribution < 1.29 is 4.74 Å². The summed E-state index contributed by atoms with van der Waals surface area (Å²) in [5.74, 6) is 1.56. The van der Waals surface area contributed by atoms with Crippen LogP contribution in [0.25, 0.3) is 11.4 Å². The van der Waals surface area contributed by atoms with Crippen LogP contribution in [0.1, 0.15) is 5.56 Å². The number of nitrogens with zero attached hydrogens (tertiary/aromatic N) is 5. The third kappa shape index (κ3) is 5.62. The van der Waals surface area contributed by atoms with Crippen molar-refractivity contribution in [1.82, 2.24) is 24.2 Å². The van der Waals surface area contributed by atoms with Crippen molar-refractivity contribution in [2.24, 2.45) is 0 Å². The zero-order valence-electron chi connectivity index (χ0n) is 17.8. The Kier molecular flexibility index (Phi) is 7.32. The summed E-state index contributed by atoms with van der Waals surface area (Å²) in [4.78, 5) is 6.37. The van der Waals surface area contributed by atoms with Crippen LogP contribution in [0.2, 0.25) is 5.02 Å². The first-order valence-electron chi connectivity index (χ1n) is 10.3. The highest BCUT2D eigenvalue weighted by atomic mass is 35.5. The highest BCUT2D eigenvalue weighted by molar-refractivity contribution is 7.71. The summed E-state index contributed by atoms with van der Waals surface area (Å²) in [5.41, 5.74) is 2.09. The van der Waals surface area contributed by atoms with Gasteiger partial charge in [-0.15, -0.1) is 0 Å². The van der Waals surface area contributed by atoms with E-state index in [-0.39, 0.29) is 0 Å². The Bertz CT molecular complexity index is 1210. The van der Waals surface area contributed by atoms with E-state index in [0.29, 0.717) is 36.2 Å². The summed E-state index contributed by atoms with van der Waals surface area (Å²) in [6, 6.07) is 21.6. The highest BCUT2D eigenvalue weighted by Gasteiger charge is 2.14. The molecule has 8 heteroatoms. The number of benzene rings is 2. The van der Waals surface area contributed by atoms with E-state index >= 15 is 0 Å². The largest absolute Gasteiger partial charge is 0.492 e. The molecule has 0 bridgehead atoms. The smallest absolute Gasteiger partial charge is 0.199 e. The minimum atomic E-state index is 0.532. The number of hydrogen-bond acceptors (Lipinski definition) is 5. The van der Waals surface area contributed by atoms with Crippen molar-refractivity contribution in [3.8, 4) is 17.1 Å². The molecule has 0 atom stereocenters. The van der Waals surface area contributed by atoms with Crippen LogP contribution >= 0.6 is 23.8 Å². The minimum absolute atomic E-state index is 0.532. The van der Waals surface area contributed by atoms with Crippen LogP contribution in [0.5, 0.6) is 5.75 Å². The van der Waals surface area contributed by atoms with E-state index in [2.05, 4.69) is 26.6 Å². The molecule has 0 fully saturated rings. The van der Waals surface area contributed by atoms with Crippen LogP contribution in [0.3, 0.4) is 0 Å². The second-order valence-corrected chi connectivity index (χ2v) is 8.25. The number of ether oxygens (including phenoxy) is 1. The number of rotatable bonds is 9. The first-order chi connectivity index (χ1) is 15.6. The predicted molar refractivity (Wildman–Crippen MR) is 129 cm³/mol. The Labute approximate surface area is 197 Å². The molecule has 164 valence electrons.